The van der Waals surface area contributed by atoms with Gasteiger partial charge in [-0.15, -0.1) is 0 Å². The van der Waals surface area contributed by atoms with E-state index < -0.39 is 9.84 Å². The minimum Gasteiger partial charge on any atom is -0.350 e. The van der Waals surface area contributed by atoms with Crippen LogP contribution in [0.1, 0.15) is 23.2 Å². The Bertz CT molecular complexity index is 892. The average molecular weight is 381 g/mol. The first-order chi connectivity index (χ1) is 11.7. The first-order valence-corrected chi connectivity index (χ1v) is 10.3. The molecule has 1 aromatic heterocycles. The average Bonchev–Trinajstić information content (AvgIpc) is 2.81. The van der Waals surface area contributed by atoms with Crippen LogP contribution in [0, 0.1) is 20.8 Å². The van der Waals surface area contributed by atoms with E-state index in [0.29, 0.717) is 23.2 Å². The number of benzene rings is 1. The maximum atomic E-state index is 11.6. The van der Waals surface area contributed by atoms with Crippen molar-refractivity contribution in [2.75, 3.05) is 22.1 Å². The summed E-state index contributed by atoms with van der Waals surface area (Å²) in [5, 5.41) is 7.01. The van der Waals surface area contributed by atoms with Gasteiger partial charge in [-0.2, -0.15) is 4.98 Å². The highest BCUT2D eigenvalue weighted by atomic mass is 35.5. The molecule has 1 aliphatic rings. The number of aryl methyl sites for hydroxylation is 3. The predicted octanol–water partition coefficient (Wildman–Crippen LogP) is 3.40. The summed E-state index contributed by atoms with van der Waals surface area (Å²) < 4.78 is 23.2. The van der Waals surface area contributed by atoms with Crippen LogP contribution < -0.4 is 10.6 Å². The van der Waals surface area contributed by atoms with Crippen LogP contribution in [0.3, 0.4) is 0 Å². The summed E-state index contributed by atoms with van der Waals surface area (Å²) in [5.74, 6) is 1.37. The van der Waals surface area contributed by atoms with Gasteiger partial charge in [-0.1, -0.05) is 17.7 Å². The molecule has 0 saturated carbocycles. The quantitative estimate of drug-likeness (QED) is 0.845. The van der Waals surface area contributed by atoms with E-state index in [-0.39, 0.29) is 17.5 Å². The highest BCUT2D eigenvalue weighted by molar-refractivity contribution is 7.91. The van der Waals surface area contributed by atoms with Crippen molar-refractivity contribution in [1.82, 2.24) is 9.97 Å². The number of sulfone groups is 1. The van der Waals surface area contributed by atoms with Gasteiger partial charge in [0.15, 0.2) is 9.84 Å². The van der Waals surface area contributed by atoms with Crippen molar-refractivity contribution in [3.8, 4) is 0 Å². The number of rotatable bonds is 4. The van der Waals surface area contributed by atoms with Crippen LogP contribution in [0.15, 0.2) is 18.2 Å². The van der Waals surface area contributed by atoms with Gasteiger partial charge in [0.2, 0.25) is 5.95 Å². The van der Waals surface area contributed by atoms with E-state index >= 15 is 0 Å². The lowest BCUT2D eigenvalue weighted by Crippen LogP contribution is -2.22. The molecule has 0 aliphatic carbocycles. The van der Waals surface area contributed by atoms with E-state index in [9.17, 15) is 8.42 Å². The Hall–Kier alpha value is -1.86. The van der Waals surface area contributed by atoms with E-state index in [1.54, 1.807) is 0 Å². The second kappa shape index (κ2) is 6.80. The maximum absolute atomic E-state index is 11.6. The summed E-state index contributed by atoms with van der Waals surface area (Å²) in [7, 11) is -2.95. The third-order valence-corrected chi connectivity index (χ3v) is 6.17. The van der Waals surface area contributed by atoms with Crippen LogP contribution in [0.25, 0.3) is 0 Å². The highest BCUT2D eigenvalue weighted by Crippen LogP contribution is 2.30. The molecule has 2 N–H and O–H groups in total. The van der Waals surface area contributed by atoms with Gasteiger partial charge in [0.1, 0.15) is 5.82 Å². The molecule has 6 nitrogen and oxygen atoms in total. The summed E-state index contributed by atoms with van der Waals surface area (Å²) in [6.45, 7) is 5.85. The maximum Gasteiger partial charge on any atom is 0.225 e. The fourth-order valence-corrected chi connectivity index (χ4v) is 5.03. The van der Waals surface area contributed by atoms with Crippen LogP contribution in [0.4, 0.5) is 17.5 Å². The standard InChI is InChI=1S/C17H21ClN4O2S/c1-10-6-11(2)16(14(18)7-10)21-15-8-12(3)19-17(22-15)20-13-4-5-25(23,24)9-13/h6-8,13H,4-5,9H2,1-3H3,(H2,19,20,21,22). The van der Waals surface area contributed by atoms with Crippen LogP contribution in [0.5, 0.6) is 0 Å². The molecule has 0 bridgehead atoms. The summed E-state index contributed by atoms with van der Waals surface area (Å²) in [5.41, 5.74) is 3.70. The van der Waals surface area contributed by atoms with E-state index in [4.69, 9.17) is 11.6 Å². The number of hydrogen-bond acceptors (Lipinski definition) is 6. The van der Waals surface area contributed by atoms with Crippen LogP contribution >= 0.6 is 11.6 Å². The van der Waals surface area contributed by atoms with Crippen molar-refractivity contribution in [3.63, 3.8) is 0 Å². The molecule has 1 saturated heterocycles. The van der Waals surface area contributed by atoms with Gasteiger partial charge in [-0.3, -0.25) is 0 Å². The van der Waals surface area contributed by atoms with Gasteiger partial charge < -0.3 is 10.6 Å². The zero-order valence-electron chi connectivity index (χ0n) is 14.4. The zero-order chi connectivity index (χ0) is 18.2. The van der Waals surface area contributed by atoms with Gasteiger partial charge in [-0.25, -0.2) is 13.4 Å². The molecule has 1 unspecified atom stereocenters. The molecule has 2 heterocycles. The Morgan fingerprint density at radius 1 is 1.16 bits per heavy atom. The Kier molecular flexibility index (Phi) is 4.88. The first-order valence-electron chi connectivity index (χ1n) is 8.08. The zero-order valence-corrected chi connectivity index (χ0v) is 16.0. The van der Waals surface area contributed by atoms with Crippen molar-refractivity contribution in [3.05, 3.63) is 40.0 Å². The molecule has 134 valence electrons. The van der Waals surface area contributed by atoms with E-state index in [0.717, 1.165) is 22.5 Å². The number of anilines is 3. The smallest absolute Gasteiger partial charge is 0.225 e. The Morgan fingerprint density at radius 3 is 2.56 bits per heavy atom. The van der Waals surface area contributed by atoms with E-state index in [1.807, 2.05) is 39.0 Å². The minimum absolute atomic E-state index is 0.121. The van der Waals surface area contributed by atoms with Crippen molar-refractivity contribution < 1.29 is 8.42 Å². The second-order valence-corrected chi connectivity index (χ2v) is 9.16. The fourth-order valence-electron chi connectivity index (χ4n) is 2.99. The van der Waals surface area contributed by atoms with Crippen molar-refractivity contribution >= 4 is 38.9 Å². The van der Waals surface area contributed by atoms with Crippen LogP contribution in [0.2, 0.25) is 5.02 Å². The molecule has 2 aromatic rings. The first kappa shape index (κ1) is 17.9. The molecule has 0 amide bonds. The summed E-state index contributed by atoms with van der Waals surface area (Å²) in [6, 6.07) is 5.62. The third kappa shape index (κ3) is 4.41. The number of nitrogens with one attached hydrogen (secondary N) is 2. The second-order valence-electron chi connectivity index (χ2n) is 6.53. The number of halogens is 1. The molecule has 0 radical (unpaired) electrons. The minimum atomic E-state index is -2.95. The summed E-state index contributed by atoms with van der Waals surface area (Å²) in [4.78, 5) is 8.81. The van der Waals surface area contributed by atoms with Gasteiger partial charge in [0, 0.05) is 17.8 Å². The lowest BCUT2D eigenvalue weighted by atomic mass is 10.1. The van der Waals surface area contributed by atoms with Crippen LogP contribution in [-0.4, -0.2) is 35.9 Å². The van der Waals surface area contributed by atoms with Crippen molar-refractivity contribution in [1.29, 1.82) is 0 Å². The Balaban J connectivity index is 1.83. The predicted molar refractivity (Wildman–Crippen MR) is 102 cm³/mol. The molecule has 1 atom stereocenters. The lowest BCUT2D eigenvalue weighted by Gasteiger charge is -2.15. The van der Waals surface area contributed by atoms with Crippen molar-refractivity contribution in [2.24, 2.45) is 0 Å². The van der Waals surface area contributed by atoms with E-state index in [1.165, 1.54) is 0 Å². The van der Waals surface area contributed by atoms with Gasteiger partial charge in [0.25, 0.3) is 0 Å². The molecule has 1 aliphatic heterocycles. The number of nitrogens with zero attached hydrogens (tertiary/aromatic N) is 2. The molecule has 25 heavy (non-hydrogen) atoms. The molecular weight excluding hydrogens is 360 g/mol. The monoisotopic (exact) mass is 380 g/mol. The van der Waals surface area contributed by atoms with E-state index in [2.05, 4.69) is 20.6 Å². The van der Waals surface area contributed by atoms with Crippen LogP contribution in [-0.2, 0) is 9.84 Å². The fraction of sp³-hybridized carbons (Fsp3) is 0.412. The van der Waals surface area contributed by atoms with Gasteiger partial charge in [-0.05, 0) is 44.4 Å². The third-order valence-electron chi connectivity index (χ3n) is 4.10. The highest BCUT2D eigenvalue weighted by Gasteiger charge is 2.28. The lowest BCUT2D eigenvalue weighted by molar-refractivity contribution is 0.602. The molecule has 8 heteroatoms. The topological polar surface area (TPSA) is 84.0 Å². The Labute approximate surface area is 153 Å². The van der Waals surface area contributed by atoms with Crippen molar-refractivity contribution in [2.45, 2.75) is 33.2 Å². The summed E-state index contributed by atoms with van der Waals surface area (Å²) in [6.07, 6.45) is 0.575. The number of aromatic nitrogens is 2. The largest absolute Gasteiger partial charge is 0.350 e. The van der Waals surface area contributed by atoms with Gasteiger partial charge >= 0.3 is 0 Å². The SMILES string of the molecule is Cc1cc(C)c(Nc2cc(C)nc(NC3CCS(=O)(=O)C3)n2)c(Cl)c1. The molecule has 1 aromatic carbocycles. The molecule has 3 rings (SSSR count). The number of hydrogen-bond donors (Lipinski definition) is 2. The molecule has 1 fully saturated rings. The molecule has 0 spiro atoms. The normalized spacial score (nSPS) is 19.0. The summed E-state index contributed by atoms with van der Waals surface area (Å²) >= 11 is 6.34. The van der Waals surface area contributed by atoms with Gasteiger partial charge in [0.05, 0.1) is 22.2 Å². The molecular formula is C17H21ClN4O2S. The Morgan fingerprint density at radius 2 is 1.92 bits per heavy atom.